The number of halogens is 1. The van der Waals surface area contributed by atoms with Crippen LogP contribution >= 0.6 is 0 Å². The molecule has 2 unspecified atom stereocenters. The van der Waals surface area contributed by atoms with Crippen LogP contribution in [-0.4, -0.2) is 25.9 Å². The Morgan fingerprint density at radius 1 is 1.08 bits per heavy atom. The van der Waals surface area contributed by atoms with Crippen molar-refractivity contribution in [3.8, 4) is 5.75 Å². The van der Waals surface area contributed by atoms with Crippen molar-refractivity contribution >= 4 is 11.3 Å². The Labute approximate surface area is 143 Å². The maximum atomic E-state index is 13.3. The summed E-state index contributed by atoms with van der Waals surface area (Å²) in [5.74, 6) is 1.29. The van der Waals surface area contributed by atoms with E-state index in [-0.39, 0.29) is 5.82 Å². The summed E-state index contributed by atoms with van der Waals surface area (Å²) in [6, 6.07) is 4.86. The fourth-order valence-electron chi connectivity index (χ4n) is 3.59. The van der Waals surface area contributed by atoms with E-state index in [1.54, 1.807) is 13.3 Å². The van der Waals surface area contributed by atoms with Crippen molar-refractivity contribution in [3.05, 3.63) is 65.8 Å². The summed E-state index contributed by atoms with van der Waals surface area (Å²) in [6.07, 6.45) is 8.78. The first-order chi connectivity index (χ1) is 12.1. The van der Waals surface area contributed by atoms with E-state index in [1.807, 2.05) is 34.2 Å². The van der Waals surface area contributed by atoms with Crippen LogP contribution in [0.15, 0.2) is 43.0 Å². The monoisotopic (exact) mass is 336 g/mol. The number of aryl methyl sites for hydroxylation is 1. The Morgan fingerprint density at radius 2 is 1.80 bits per heavy atom. The number of rotatable bonds is 3. The zero-order valence-corrected chi connectivity index (χ0v) is 14.0. The fourth-order valence-corrected chi connectivity index (χ4v) is 3.59. The van der Waals surface area contributed by atoms with Crippen LogP contribution in [0.3, 0.4) is 0 Å². The highest BCUT2D eigenvalue weighted by atomic mass is 19.1. The van der Waals surface area contributed by atoms with Crippen molar-refractivity contribution in [2.24, 2.45) is 0 Å². The second-order valence-corrected chi connectivity index (χ2v) is 6.63. The largest absolute Gasteiger partial charge is 0.496 e. The molecule has 1 aliphatic carbocycles. The molecule has 2 atom stereocenters. The summed E-state index contributed by atoms with van der Waals surface area (Å²) in [5.41, 5.74) is 4.69. The van der Waals surface area contributed by atoms with Crippen LogP contribution in [0.5, 0.6) is 5.75 Å². The molecule has 0 N–H and O–H groups in total. The average Bonchev–Trinajstić information content (AvgIpc) is 3.10. The maximum absolute atomic E-state index is 13.3. The first-order valence-electron chi connectivity index (χ1n) is 8.30. The molecule has 6 heteroatoms. The molecule has 0 aromatic carbocycles. The van der Waals surface area contributed by atoms with E-state index in [2.05, 4.69) is 11.2 Å². The summed E-state index contributed by atoms with van der Waals surface area (Å²) in [7, 11) is 1.67. The van der Waals surface area contributed by atoms with Crippen LogP contribution < -0.4 is 4.74 Å². The van der Waals surface area contributed by atoms with Gasteiger partial charge in [-0.3, -0.25) is 0 Å². The van der Waals surface area contributed by atoms with E-state index in [1.165, 1.54) is 12.1 Å². The number of pyridine rings is 2. The lowest BCUT2D eigenvalue weighted by Crippen LogP contribution is -1.92. The smallest absolute Gasteiger partial charge is 0.143 e. The fraction of sp³-hybridized carbons (Fsp3) is 0.263. The Balaban J connectivity index is 1.48. The molecule has 5 nitrogen and oxygen atoms in total. The van der Waals surface area contributed by atoms with Crippen LogP contribution in [0.1, 0.15) is 35.2 Å². The van der Waals surface area contributed by atoms with E-state index in [4.69, 9.17) is 9.72 Å². The Morgan fingerprint density at radius 3 is 2.60 bits per heavy atom. The molecule has 25 heavy (non-hydrogen) atoms. The van der Waals surface area contributed by atoms with Gasteiger partial charge in [0, 0.05) is 48.3 Å². The zero-order chi connectivity index (χ0) is 17.1. The third kappa shape index (κ3) is 2.21. The van der Waals surface area contributed by atoms with E-state index < -0.39 is 0 Å². The third-order valence-electron chi connectivity index (χ3n) is 5.05. The van der Waals surface area contributed by atoms with Crippen molar-refractivity contribution in [1.82, 2.24) is 18.8 Å². The second kappa shape index (κ2) is 5.05. The molecule has 4 heterocycles. The van der Waals surface area contributed by atoms with E-state index in [0.717, 1.165) is 34.8 Å². The Hall–Kier alpha value is -2.89. The van der Waals surface area contributed by atoms with Gasteiger partial charge in [0.2, 0.25) is 0 Å². The van der Waals surface area contributed by atoms with E-state index in [9.17, 15) is 4.39 Å². The average molecular weight is 336 g/mol. The quantitative estimate of drug-likeness (QED) is 0.573. The number of aromatic nitrogens is 4. The summed E-state index contributed by atoms with van der Waals surface area (Å²) >= 11 is 0. The van der Waals surface area contributed by atoms with Crippen LogP contribution in [0, 0.1) is 12.7 Å². The Bertz CT molecular complexity index is 1110. The van der Waals surface area contributed by atoms with Gasteiger partial charge in [-0.15, -0.1) is 0 Å². The Kier molecular flexibility index (Phi) is 2.92. The summed E-state index contributed by atoms with van der Waals surface area (Å²) < 4.78 is 22.6. The van der Waals surface area contributed by atoms with Crippen molar-refractivity contribution in [3.63, 3.8) is 0 Å². The van der Waals surface area contributed by atoms with Gasteiger partial charge >= 0.3 is 0 Å². The lowest BCUT2D eigenvalue weighted by Gasteiger charge is -2.04. The van der Waals surface area contributed by atoms with Crippen molar-refractivity contribution in [2.75, 3.05) is 7.11 Å². The normalized spacial score (nSPS) is 19.6. The number of ether oxygens (including phenoxy) is 1. The number of imidazole rings is 2. The molecule has 0 saturated heterocycles. The topological polar surface area (TPSA) is 43.8 Å². The summed E-state index contributed by atoms with van der Waals surface area (Å²) in [4.78, 5) is 9.39. The highest BCUT2D eigenvalue weighted by Crippen LogP contribution is 2.54. The molecule has 0 radical (unpaired) electrons. The molecule has 0 bridgehead atoms. The molecular formula is C19H17FN4O. The predicted octanol–water partition coefficient (Wildman–Crippen LogP) is 3.71. The summed E-state index contributed by atoms with van der Waals surface area (Å²) in [5, 5.41) is 0. The highest BCUT2D eigenvalue weighted by molar-refractivity contribution is 5.56. The minimum absolute atomic E-state index is 0.262. The van der Waals surface area contributed by atoms with Gasteiger partial charge in [-0.05, 0) is 25.5 Å². The molecule has 4 aromatic rings. The van der Waals surface area contributed by atoms with Gasteiger partial charge in [-0.2, -0.15) is 0 Å². The van der Waals surface area contributed by atoms with Crippen LogP contribution in [0.2, 0.25) is 0 Å². The molecule has 1 fully saturated rings. The number of hydrogen-bond donors (Lipinski definition) is 0. The van der Waals surface area contributed by atoms with E-state index >= 15 is 0 Å². The van der Waals surface area contributed by atoms with Crippen molar-refractivity contribution in [1.29, 1.82) is 0 Å². The van der Waals surface area contributed by atoms with Gasteiger partial charge in [0.25, 0.3) is 0 Å². The number of methoxy groups -OCH3 is 1. The molecule has 0 spiro atoms. The van der Waals surface area contributed by atoms with Gasteiger partial charge in [0.1, 0.15) is 22.9 Å². The minimum atomic E-state index is -0.262. The molecule has 1 aliphatic rings. The standard InChI is InChI=1S/C19H17FN4O/c1-11-17(25-2)4-6-24-10-16(22-19(11)24)14-8-13(14)15-9-23-5-3-12(20)7-18(23)21-15/h3-7,9-10,13-14H,8H2,1-2H3. The van der Waals surface area contributed by atoms with Gasteiger partial charge < -0.3 is 13.5 Å². The van der Waals surface area contributed by atoms with Gasteiger partial charge in [0.15, 0.2) is 0 Å². The minimum Gasteiger partial charge on any atom is -0.496 e. The zero-order valence-electron chi connectivity index (χ0n) is 14.0. The van der Waals surface area contributed by atoms with Gasteiger partial charge in [-0.1, -0.05) is 0 Å². The number of fused-ring (bicyclic) bond motifs is 2. The first-order valence-corrected chi connectivity index (χ1v) is 8.30. The summed E-state index contributed by atoms with van der Waals surface area (Å²) in [6.45, 7) is 2.02. The SMILES string of the molecule is COc1ccn2cc(C3CC3c3cn4ccc(F)cc4n3)nc2c1C. The first kappa shape index (κ1) is 14.5. The number of nitrogens with zero attached hydrogens (tertiary/aromatic N) is 4. The molecular weight excluding hydrogens is 319 g/mol. The lowest BCUT2D eigenvalue weighted by molar-refractivity contribution is 0.411. The van der Waals surface area contributed by atoms with Crippen LogP contribution in [0.25, 0.3) is 11.3 Å². The molecule has 0 amide bonds. The van der Waals surface area contributed by atoms with Crippen molar-refractivity contribution in [2.45, 2.75) is 25.2 Å². The lowest BCUT2D eigenvalue weighted by atomic mass is 10.2. The highest BCUT2D eigenvalue weighted by Gasteiger charge is 2.43. The van der Waals surface area contributed by atoms with Gasteiger partial charge in [0.05, 0.1) is 18.5 Å². The van der Waals surface area contributed by atoms with Crippen molar-refractivity contribution < 1.29 is 9.13 Å². The second-order valence-electron chi connectivity index (χ2n) is 6.63. The molecule has 126 valence electrons. The third-order valence-corrected chi connectivity index (χ3v) is 5.05. The van der Waals surface area contributed by atoms with E-state index in [0.29, 0.717) is 17.5 Å². The molecule has 1 saturated carbocycles. The van der Waals surface area contributed by atoms with Gasteiger partial charge in [-0.25, -0.2) is 14.4 Å². The maximum Gasteiger partial charge on any atom is 0.143 e. The number of hydrogen-bond acceptors (Lipinski definition) is 3. The molecule has 0 aliphatic heterocycles. The van der Waals surface area contributed by atoms with Crippen LogP contribution in [-0.2, 0) is 0 Å². The predicted molar refractivity (Wildman–Crippen MR) is 91.7 cm³/mol. The molecule has 5 rings (SSSR count). The van der Waals surface area contributed by atoms with Crippen LogP contribution in [0.4, 0.5) is 4.39 Å². The molecule has 4 aromatic heterocycles.